The van der Waals surface area contributed by atoms with E-state index in [-0.39, 0.29) is 22.6 Å². The second-order valence-corrected chi connectivity index (χ2v) is 18.6. The third-order valence-electron chi connectivity index (χ3n) is 12.8. The van der Waals surface area contributed by atoms with E-state index in [1.165, 1.54) is 48.5 Å². The second-order valence-electron chi connectivity index (χ2n) is 18.6. The number of rotatable bonds is 21. The molecule has 16 N–H and O–H groups in total. The molecule has 2 aromatic carbocycles. The van der Waals surface area contributed by atoms with E-state index >= 15 is 0 Å². The van der Waals surface area contributed by atoms with Gasteiger partial charge in [0.05, 0.1) is 26.4 Å². The summed E-state index contributed by atoms with van der Waals surface area (Å²) >= 11 is 0. The molecule has 22 atom stereocenters. The Morgan fingerprint density at radius 1 is 0.500 bits per heavy atom. The molecule has 6 rings (SSSR count). The number of carbonyl (C=O) groups excluding carboxylic acids is 2. The highest BCUT2D eigenvalue weighted by atomic mass is 16.7. The van der Waals surface area contributed by atoms with Crippen LogP contribution in [0.5, 0.6) is 11.5 Å². The number of aliphatic hydroxyl groups is 16. The summed E-state index contributed by atoms with van der Waals surface area (Å²) in [6.07, 6.45) is -37.6. The fraction of sp³-hybridized carbons (Fsp3) is 0.696. The van der Waals surface area contributed by atoms with Crippen LogP contribution in [0.1, 0.15) is 31.4 Å². The molecule has 4 fully saturated rings. The Morgan fingerprint density at radius 3 is 1.32 bits per heavy atom. The Labute approximate surface area is 421 Å². The molecule has 0 amide bonds. The van der Waals surface area contributed by atoms with Gasteiger partial charge in [0.2, 0.25) is 18.2 Å². The molecule has 28 nitrogen and oxygen atoms in total. The lowest BCUT2D eigenvalue weighted by Gasteiger charge is -2.45. The first-order valence-electron chi connectivity index (χ1n) is 23.5. The van der Waals surface area contributed by atoms with Crippen LogP contribution >= 0.6 is 0 Å². The lowest BCUT2D eigenvalue weighted by Crippen LogP contribution is -2.65. The number of ether oxygens (including phenoxy) is 10. The largest absolute Gasteiger partial charge is 0.462 e. The van der Waals surface area contributed by atoms with Crippen molar-refractivity contribution in [1.82, 2.24) is 0 Å². The maximum Gasteiger partial charge on any atom is 0.342 e. The predicted octanol–water partition coefficient (Wildman–Crippen LogP) is -7.38. The molecule has 2 aromatic rings. The molecule has 0 aliphatic carbocycles. The van der Waals surface area contributed by atoms with Crippen molar-refractivity contribution < 1.29 is 139 Å². The summed E-state index contributed by atoms with van der Waals surface area (Å²) in [5, 5.41) is 166. The van der Waals surface area contributed by atoms with Gasteiger partial charge in [0, 0.05) is 0 Å². The molecule has 0 spiro atoms. The number of hydrogen-bond acceptors (Lipinski definition) is 28. The van der Waals surface area contributed by atoms with Crippen LogP contribution in [0.3, 0.4) is 0 Å². The Bertz CT molecular complexity index is 2060. The molecule has 4 heterocycles. The Kier molecular flexibility index (Phi) is 20.8. The maximum atomic E-state index is 14.4. The molecule has 0 bridgehead atoms. The van der Waals surface area contributed by atoms with Crippen molar-refractivity contribution in [3.63, 3.8) is 0 Å². The summed E-state index contributed by atoms with van der Waals surface area (Å²) in [7, 11) is 0. The highest BCUT2D eigenvalue weighted by molar-refractivity contribution is 5.89. The third-order valence-corrected chi connectivity index (χ3v) is 12.8. The molecule has 28 heteroatoms. The SMILES string of the molecule is CC(C)CC(OC1OC(CO)C(O)C(O)C1O)(C(=O)OCc1ccc(OC2OC(CO)C(O)C(OC3OC(CO)C(O)C(O)C3O)C2O)cc1)C(O)C(=O)OCc1ccc(OC2OC(CO)C(O)C(O)C2O)cc1. The number of hydrogen-bond donors (Lipinski definition) is 16. The van der Waals surface area contributed by atoms with Crippen LogP contribution in [0.4, 0.5) is 0 Å². The van der Waals surface area contributed by atoms with Gasteiger partial charge in [-0.3, -0.25) is 0 Å². The predicted molar refractivity (Wildman–Crippen MR) is 237 cm³/mol. The minimum atomic E-state index is -2.80. The van der Waals surface area contributed by atoms with Gasteiger partial charge in [-0.25, -0.2) is 9.59 Å². The minimum absolute atomic E-state index is 0.0157. The van der Waals surface area contributed by atoms with Crippen LogP contribution in [0.2, 0.25) is 0 Å². The van der Waals surface area contributed by atoms with Gasteiger partial charge in [-0.05, 0) is 47.7 Å². The number of carbonyl (C=O) groups is 2. The monoisotopic (exact) mass is 1070 g/mol. The van der Waals surface area contributed by atoms with Crippen molar-refractivity contribution in [1.29, 1.82) is 0 Å². The first-order chi connectivity index (χ1) is 35.1. The first-order valence-corrected chi connectivity index (χ1v) is 23.5. The van der Waals surface area contributed by atoms with E-state index in [2.05, 4.69) is 0 Å². The maximum absolute atomic E-state index is 14.4. The minimum Gasteiger partial charge on any atom is -0.462 e. The molecule has 74 heavy (non-hydrogen) atoms. The van der Waals surface area contributed by atoms with E-state index in [0.717, 1.165) is 0 Å². The van der Waals surface area contributed by atoms with Crippen LogP contribution < -0.4 is 9.47 Å². The molecule has 4 aliphatic rings. The second kappa shape index (κ2) is 26.0. The summed E-state index contributed by atoms with van der Waals surface area (Å²) in [4.78, 5) is 28.2. The molecule has 418 valence electrons. The number of benzene rings is 2. The standard InChI is InChI=1S/C46H66O28/c1-18(2)11-46(74-44-36(60)33(57)29(53)25(14-49)72-44,39(62)40(63)65-16-19-3-7-21(8-4-19)67-41-34(58)31(55)27(51)23(12-47)69-41)45(64)66-17-20-5-9-22(10-6-20)68-43-37(61)38(30(54)26(15-50)71-43)73-42-35(59)32(56)28(52)24(13-48)70-42/h3-10,18,23-39,41-44,47-62H,11-17H2,1-2H3. The van der Waals surface area contributed by atoms with Crippen LogP contribution in [0.15, 0.2) is 48.5 Å². The van der Waals surface area contributed by atoms with Crippen LogP contribution in [0, 0.1) is 5.92 Å². The van der Waals surface area contributed by atoms with Gasteiger partial charge in [-0.2, -0.15) is 0 Å². The van der Waals surface area contributed by atoms with E-state index in [4.69, 9.17) is 47.4 Å². The zero-order valence-electron chi connectivity index (χ0n) is 39.8. The van der Waals surface area contributed by atoms with Gasteiger partial charge in [-0.15, -0.1) is 0 Å². The lowest BCUT2D eigenvalue weighted by molar-refractivity contribution is -0.352. The molecular weight excluding hydrogens is 1000 g/mol. The topological polar surface area (TPSA) is 450 Å². The highest BCUT2D eigenvalue weighted by Gasteiger charge is 2.58. The summed E-state index contributed by atoms with van der Waals surface area (Å²) in [5.41, 5.74) is -2.30. The van der Waals surface area contributed by atoms with Crippen molar-refractivity contribution in [3.05, 3.63) is 59.7 Å². The van der Waals surface area contributed by atoms with Crippen LogP contribution in [-0.4, -0.2) is 255 Å². The molecular formula is C46H66O28. The van der Waals surface area contributed by atoms with Crippen LogP contribution in [-0.2, 0) is 60.7 Å². The van der Waals surface area contributed by atoms with Gasteiger partial charge in [-0.1, -0.05) is 38.1 Å². The average molecular weight is 1070 g/mol. The number of esters is 2. The zero-order chi connectivity index (χ0) is 54.3. The number of aliphatic hydroxyl groups excluding tert-OH is 16. The van der Waals surface area contributed by atoms with Gasteiger partial charge in [0.15, 0.2) is 18.7 Å². The van der Waals surface area contributed by atoms with Gasteiger partial charge in [0.25, 0.3) is 0 Å². The average Bonchev–Trinajstić information content (AvgIpc) is 3.39. The Balaban J connectivity index is 1.16. The van der Waals surface area contributed by atoms with Crippen molar-refractivity contribution in [2.24, 2.45) is 5.92 Å². The molecule has 0 saturated carbocycles. The van der Waals surface area contributed by atoms with Crippen molar-refractivity contribution in [3.8, 4) is 11.5 Å². The highest BCUT2D eigenvalue weighted by Crippen LogP contribution is 2.36. The lowest BCUT2D eigenvalue weighted by atomic mass is 9.86. The fourth-order valence-electron chi connectivity index (χ4n) is 8.55. The molecule has 4 saturated heterocycles. The van der Waals surface area contributed by atoms with Crippen LogP contribution in [0.25, 0.3) is 0 Å². The van der Waals surface area contributed by atoms with Crippen molar-refractivity contribution in [2.45, 2.75) is 168 Å². The molecule has 0 aromatic heterocycles. The van der Waals surface area contributed by atoms with Gasteiger partial charge >= 0.3 is 11.9 Å². The normalized spacial score (nSPS) is 37.9. The van der Waals surface area contributed by atoms with E-state index in [1.807, 2.05) is 0 Å². The van der Waals surface area contributed by atoms with E-state index in [1.54, 1.807) is 13.8 Å². The molecule has 22 unspecified atom stereocenters. The van der Waals surface area contributed by atoms with Gasteiger partial charge in [0.1, 0.15) is 122 Å². The van der Waals surface area contributed by atoms with E-state index in [0.29, 0.717) is 0 Å². The quantitative estimate of drug-likeness (QED) is 0.0517. The first kappa shape index (κ1) is 59.3. The summed E-state index contributed by atoms with van der Waals surface area (Å²) in [5.74, 6) is -3.44. The summed E-state index contributed by atoms with van der Waals surface area (Å²) in [6, 6.07) is 10.9. The van der Waals surface area contributed by atoms with E-state index in [9.17, 15) is 91.3 Å². The molecule has 0 radical (unpaired) electrons. The summed E-state index contributed by atoms with van der Waals surface area (Å²) in [6.45, 7) is -1.22. The summed E-state index contributed by atoms with van der Waals surface area (Å²) < 4.78 is 55.7. The zero-order valence-corrected chi connectivity index (χ0v) is 39.8. The molecule has 4 aliphatic heterocycles. The Hall–Kier alpha value is -3.90. The van der Waals surface area contributed by atoms with Gasteiger partial charge < -0.3 is 129 Å². The van der Waals surface area contributed by atoms with Crippen molar-refractivity contribution >= 4 is 11.9 Å². The third kappa shape index (κ3) is 13.3. The van der Waals surface area contributed by atoms with Crippen molar-refractivity contribution in [2.75, 3.05) is 26.4 Å². The fourth-order valence-corrected chi connectivity index (χ4v) is 8.55. The smallest absolute Gasteiger partial charge is 0.342 e. The van der Waals surface area contributed by atoms with E-state index < -0.39 is 198 Å². The Morgan fingerprint density at radius 2 is 0.878 bits per heavy atom.